The minimum atomic E-state index is -0.232. The highest BCUT2D eigenvalue weighted by atomic mass is 35.5. The summed E-state index contributed by atoms with van der Waals surface area (Å²) in [6, 6.07) is 5.51. The maximum atomic E-state index is 6.54. The van der Waals surface area contributed by atoms with Crippen molar-refractivity contribution in [3.05, 3.63) is 33.8 Å². The summed E-state index contributed by atoms with van der Waals surface area (Å²) in [5.41, 5.74) is 7.25. The largest absolute Gasteiger partial charge is 0.374 e. The highest BCUT2D eigenvalue weighted by Gasteiger charge is 2.40. The fraction of sp³-hybridized carbons (Fsp3) is 0.647. The number of ether oxygens (including phenoxy) is 1. The molecule has 118 valence electrons. The van der Waals surface area contributed by atoms with E-state index in [1.54, 1.807) is 0 Å². The topological polar surface area (TPSA) is 35.2 Å². The molecule has 0 bridgehead atoms. The Morgan fingerprint density at radius 2 is 1.86 bits per heavy atom. The summed E-state index contributed by atoms with van der Waals surface area (Å²) < 4.78 is 6.12. The fourth-order valence-corrected chi connectivity index (χ4v) is 3.85. The summed E-state index contributed by atoms with van der Waals surface area (Å²) in [5, 5.41) is 1.38. The Labute approximate surface area is 137 Å². The Morgan fingerprint density at radius 3 is 2.38 bits per heavy atom. The Kier molecular flexibility index (Phi) is 5.96. The first-order valence-corrected chi connectivity index (χ1v) is 8.56. The smallest absolute Gasteiger partial charge is 0.0835 e. The summed E-state index contributed by atoms with van der Waals surface area (Å²) in [7, 11) is 0. The fourth-order valence-electron chi connectivity index (χ4n) is 3.29. The van der Waals surface area contributed by atoms with Crippen LogP contribution < -0.4 is 5.73 Å². The van der Waals surface area contributed by atoms with Gasteiger partial charge in [0.1, 0.15) is 0 Å². The highest BCUT2D eigenvalue weighted by molar-refractivity contribution is 6.36. The van der Waals surface area contributed by atoms with Crippen LogP contribution in [0.5, 0.6) is 0 Å². The molecule has 0 spiro atoms. The number of hydrogen-bond donors (Lipinski definition) is 1. The predicted octanol–water partition coefficient (Wildman–Crippen LogP) is 4.85. The Balaban J connectivity index is 2.17. The van der Waals surface area contributed by atoms with E-state index in [0.29, 0.717) is 23.1 Å². The first-order valence-electron chi connectivity index (χ1n) is 7.81. The van der Waals surface area contributed by atoms with Gasteiger partial charge in [-0.25, -0.2) is 0 Å². The monoisotopic (exact) mass is 329 g/mol. The standard InChI is InChI=1S/C17H25Cl2NO/c1-3-21-17(9-7-12(2)8-10-17)16(20)11-13-14(18)5-4-6-15(13)19/h4-6,12,16H,3,7-11,20H2,1-2H3. The molecule has 0 radical (unpaired) electrons. The number of benzene rings is 1. The molecule has 1 atom stereocenters. The van der Waals surface area contributed by atoms with Crippen LogP contribution in [0.15, 0.2) is 18.2 Å². The molecule has 1 saturated carbocycles. The van der Waals surface area contributed by atoms with Gasteiger partial charge in [0.2, 0.25) is 0 Å². The summed E-state index contributed by atoms with van der Waals surface area (Å²) >= 11 is 12.6. The summed E-state index contributed by atoms with van der Waals surface area (Å²) in [4.78, 5) is 0. The van der Waals surface area contributed by atoms with Crippen molar-refractivity contribution in [1.29, 1.82) is 0 Å². The molecule has 21 heavy (non-hydrogen) atoms. The van der Waals surface area contributed by atoms with E-state index in [4.69, 9.17) is 33.7 Å². The maximum absolute atomic E-state index is 6.54. The van der Waals surface area contributed by atoms with Gasteiger partial charge in [0.05, 0.1) is 5.60 Å². The molecule has 1 aromatic carbocycles. The van der Waals surface area contributed by atoms with E-state index in [1.807, 2.05) is 25.1 Å². The lowest BCUT2D eigenvalue weighted by Crippen LogP contribution is -2.53. The lowest BCUT2D eigenvalue weighted by molar-refractivity contribution is -0.0883. The van der Waals surface area contributed by atoms with Crippen molar-refractivity contribution < 1.29 is 4.74 Å². The molecule has 1 unspecified atom stereocenters. The predicted molar refractivity (Wildman–Crippen MR) is 90.1 cm³/mol. The van der Waals surface area contributed by atoms with Gasteiger partial charge < -0.3 is 10.5 Å². The Morgan fingerprint density at radius 1 is 1.29 bits per heavy atom. The maximum Gasteiger partial charge on any atom is 0.0835 e. The number of halogens is 2. The molecular weight excluding hydrogens is 305 g/mol. The molecule has 0 saturated heterocycles. The van der Waals surface area contributed by atoms with Crippen LogP contribution in [0.1, 0.15) is 45.1 Å². The van der Waals surface area contributed by atoms with Gasteiger partial charge >= 0.3 is 0 Å². The summed E-state index contributed by atoms with van der Waals surface area (Å²) in [6.45, 7) is 5.03. The third kappa shape index (κ3) is 3.92. The van der Waals surface area contributed by atoms with Crippen LogP contribution in [0.4, 0.5) is 0 Å². The van der Waals surface area contributed by atoms with Crippen LogP contribution in [-0.2, 0) is 11.2 Å². The van der Waals surface area contributed by atoms with E-state index in [2.05, 4.69) is 6.92 Å². The van der Waals surface area contributed by atoms with E-state index in [1.165, 1.54) is 12.8 Å². The second kappa shape index (κ2) is 7.32. The third-order valence-corrected chi connectivity index (χ3v) is 5.42. The molecule has 0 aromatic heterocycles. The quantitative estimate of drug-likeness (QED) is 0.838. The SMILES string of the molecule is CCOC1(C(N)Cc2c(Cl)cccc2Cl)CCC(C)CC1. The molecular formula is C17H25Cl2NO. The second-order valence-electron chi connectivity index (χ2n) is 6.19. The van der Waals surface area contributed by atoms with Crippen LogP contribution in [0.3, 0.4) is 0 Å². The molecule has 0 amide bonds. The van der Waals surface area contributed by atoms with Gasteiger partial charge in [-0.1, -0.05) is 36.2 Å². The van der Waals surface area contributed by atoms with E-state index in [0.717, 1.165) is 24.3 Å². The van der Waals surface area contributed by atoms with Gasteiger partial charge in [0.25, 0.3) is 0 Å². The van der Waals surface area contributed by atoms with Crippen molar-refractivity contribution in [3.63, 3.8) is 0 Å². The third-order valence-electron chi connectivity index (χ3n) is 4.71. The molecule has 1 aliphatic rings. The van der Waals surface area contributed by atoms with Gasteiger partial charge in [-0.2, -0.15) is 0 Å². The van der Waals surface area contributed by atoms with E-state index >= 15 is 0 Å². The van der Waals surface area contributed by atoms with Crippen molar-refractivity contribution in [1.82, 2.24) is 0 Å². The molecule has 2 N–H and O–H groups in total. The molecule has 0 heterocycles. The average molecular weight is 330 g/mol. The van der Waals surface area contributed by atoms with Crippen LogP contribution in [0.2, 0.25) is 10.0 Å². The van der Waals surface area contributed by atoms with Crippen LogP contribution in [0, 0.1) is 5.92 Å². The van der Waals surface area contributed by atoms with Gasteiger partial charge in [0.15, 0.2) is 0 Å². The van der Waals surface area contributed by atoms with E-state index < -0.39 is 0 Å². The Hall–Kier alpha value is -0.280. The summed E-state index contributed by atoms with van der Waals surface area (Å²) in [5.74, 6) is 0.759. The molecule has 2 rings (SSSR count). The zero-order valence-corrected chi connectivity index (χ0v) is 14.4. The van der Waals surface area contributed by atoms with Gasteiger partial charge in [-0.05, 0) is 62.6 Å². The number of nitrogens with two attached hydrogens (primary N) is 1. The lowest BCUT2D eigenvalue weighted by atomic mass is 9.74. The Bertz CT molecular complexity index is 450. The average Bonchev–Trinajstić information content (AvgIpc) is 2.46. The van der Waals surface area contributed by atoms with Crippen LogP contribution >= 0.6 is 23.2 Å². The van der Waals surface area contributed by atoms with Crippen molar-refractivity contribution in [2.24, 2.45) is 11.7 Å². The zero-order chi connectivity index (χ0) is 15.5. The number of hydrogen-bond acceptors (Lipinski definition) is 2. The van der Waals surface area contributed by atoms with Crippen molar-refractivity contribution in [3.8, 4) is 0 Å². The van der Waals surface area contributed by atoms with Crippen molar-refractivity contribution in [2.45, 2.75) is 57.6 Å². The molecule has 2 nitrogen and oxygen atoms in total. The molecule has 1 fully saturated rings. The van der Waals surface area contributed by atoms with Crippen molar-refractivity contribution >= 4 is 23.2 Å². The van der Waals surface area contributed by atoms with Crippen molar-refractivity contribution in [2.75, 3.05) is 6.61 Å². The first kappa shape index (κ1) is 17.1. The van der Waals surface area contributed by atoms with E-state index in [9.17, 15) is 0 Å². The lowest BCUT2D eigenvalue weighted by Gasteiger charge is -2.43. The molecule has 1 aromatic rings. The van der Waals surface area contributed by atoms with Gasteiger partial charge in [-0.15, -0.1) is 0 Å². The summed E-state index contributed by atoms with van der Waals surface area (Å²) in [6.07, 6.45) is 5.04. The number of rotatable bonds is 5. The first-order chi connectivity index (χ1) is 9.98. The van der Waals surface area contributed by atoms with Gasteiger partial charge in [0, 0.05) is 22.7 Å². The van der Waals surface area contributed by atoms with Crippen LogP contribution in [-0.4, -0.2) is 18.2 Å². The normalized spacial score (nSPS) is 27.6. The van der Waals surface area contributed by atoms with E-state index in [-0.39, 0.29) is 11.6 Å². The molecule has 4 heteroatoms. The molecule has 1 aliphatic carbocycles. The van der Waals surface area contributed by atoms with Crippen LogP contribution in [0.25, 0.3) is 0 Å². The second-order valence-corrected chi connectivity index (χ2v) is 7.01. The zero-order valence-electron chi connectivity index (χ0n) is 12.9. The highest BCUT2D eigenvalue weighted by Crippen LogP contribution is 2.38. The minimum absolute atomic E-state index is 0.0812. The minimum Gasteiger partial charge on any atom is -0.374 e. The molecule has 0 aliphatic heterocycles. The van der Waals surface area contributed by atoms with Gasteiger partial charge in [-0.3, -0.25) is 0 Å².